The molecule has 1 aromatic carbocycles. The maximum Gasteiger partial charge on any atom is 0.118 e. The van der Waals surface area contributed by atoms with Crippen LogP contribution in [0.25, 0.3) is 0 Å². The zero-order chi connectivity index (χ0) is 12.5. The van der Waals surface area contributed by atoms with Crippen molar-refractivity contribution in [3.05, 3.63) is 29.8 Å². The summed E-state index contributed by atoms with van der Waals surface area (Å²) in [6.07, 6.45) is 2.15. The van der Waals surface area contributed by atoms with Gasteiger partial charge in [-0.3, -0.25) is 0 Å². The van der Waals surface area contributed by atoms with E-state index in [-0.39, 0.29) is 0 Å². The minimum absolute atomic E-state index is 0.437. The lowest BCUT2D eigenvalue weighted by Crippen LogP contribution is -2.33. The maximum atomic E-state index is 5.20. The Morgan fingerprint density at radius 1 is 1.18 bits per heavy atom. The highest BCUT2D eigenvalue weighted by Gasteiger charge is 2.06. The molecule has 3 nitrogen and oxygen atoms in total. The van der Waals surface area contributed by atoms with Gasteiger partial charge < -0.3 is 14.8 Å². The number of aryl methyl sites for hydroxylation is 1. The number of benzene rings is 1. The Bertz CT molecular complexity index is 292. The summed E-state index contributed by atoms with van der Waals surface area (Å²) in [5, 5.41) is 3.43. The Morgan fingerprint density at radius 2 is 1.88 bits per heavy atom. The van der Waals surface area contributed by atoms with Crippen LogP contribution in [0.5, 0.6) is 5.75 Å². The summed E-state index contributed by atoms with van der Waals surface area (Å²) in [5.41, 5.74) is 1.34. The van der Waals surface area contributed by atoms with Crippen LogP contribution in [0.15, 0.2) is 24.3 Å². The fourth-order valence-electron chi connectivity index (χ4n) is 1.87. The molecule has 0 aliphatic carbocycles. The van der Waals surface area contributed by atoms with Gasteiger partial charge in [-0.2, -0.15) is 0 Å². The highest BCUT2D eigenvalue weighted by atomic mass is 16.5. The van der Waals surface area contributed by atoms with E-state index in [0.29, 0.717) is 6.04 Å². The lowest BCUT2D eigenvalue weighted by molar-refractivity contribution is 0.163. The van der Waals surface area contributed by atoms with E-state index in [1.54, 1.807) is 14.2 Å². The Morgan fingerprint density at radius 3 is 2.41 bits per heavy atom. The van der Waals surface area contributed by atoms with Gasteiger partial charge >= 0.3 is 0 Å². The van der Waals surface area contributed by atoms with Crippen molar-refractivity contribution >= 4 is 0 Å². The molecule has 0 aliphatic heterocycles. The van der Waals surface area contributed by atoms with Gasteiger partial charge in [0, 0.05) is 13.2 Å². The van der Waals surface area contributed by atoms with Crippen LogP contribution in [0, 0.1) is 0 Å². The first-order valence-electron chi connectivity index (χ1n) is 6.15. The highest BCUT2D eigenvalue weighted by molar-refractivity contribution is 5.27. The topological polar surface area (TPSA) is 30.5 Å². The Kier molecular flexibility index (Phi) is 6.67. The van der Waals surface area contributed by atoms with Gasteiger partial charge in [-0.15, -0.1) is 0 Å². The van der Waals surface area contributed by atoms with Crippen molar-refractivity contribution in [3.8, 4) is 5.75 Å². The average Bonchev–Trinajstić information content (AvgIpc) is 2.37. The summed E-state index contributed by atoms with van der Waals surface area (Å²) in [6.45, 7) is 3.87. The number of hydrogen-bond acceptors (Lipinski definition) is 3. The van der Waals surface area contributed by atoms with Gasteiger partial charge in [0.05, 0.1) is 13.7 Å². The minimum atomic E-state index is 0.437. The molecule has 1 atom stereocenters. The van der Waals surface area contributed by atoms with E-state index in [1.165, 1.54) is 5.56 Å². The highest BCUT2D eigenvalue weighted by Crippen LogP contribution is 2.13. The second-order valence-corrected chi connectivity index (χ2v) is 4.10. The zero-order valence-corrected chi connectivity index (χ0v) is 11.0. The van der Waals surface area contributed by atoms with Crippen molar-refractivity contribution in [2.75, 3.05) is 27.4 Å². The van der Waals surface area contributed by atoms with Crippen LogP contribution in [0.1, 0.15) is 18.9 Å². The quantitative estimate of drug-likeness (QED) is 0.752. The molecule has 0 fully saturated rings. The van der Waals surface area contributed by atoms with Gasteiger partial charge in [0.15, 0.2) is 0 Å². The molecular formula is C14H23NO2. The fourth-order valence-corrected chi connectivity index (χ4v) is 1.87. The molecule has 0 bridgehead atoms. The van der Waals surface area contributed by atoms with Crippen molar-refractivity contribution in [3.63, 3.8) is 0 Å². The molecular weight excluding hydrogens is 214 g/mol. The van der Waals surface area contributed by atoms with Crippen molar-refractivity contribution in [2.24, 2.45) is 0 Å². The molecule has 1 aromatic rings. The standard InChI is InChI=1S/C14H23NO2/c1-4-15-13(11-16-2)8-5-12-6-9-14(17-3)10-7-12/h6-7,9-10,13,15H,4-5,8,11H2,1-3H3. The van der Waals surface area contributed by atoms with E-state index in [2.05, 4.69) is 24.4 Å². The summed E-state index contributed by atoms with van der Waals surface area (Å²) in [4.78, 5) is 0. The number of rotatable bonds is 8. The molecule has 0 saturated carbocycles. The largest absolute Gasteiger partial charge is 0.497 e. The van der Waals surface area contributed by atoms with E-state index >= 15 is 0 Å². The summed E-state index contributed by atoms with van der Waals surface area (Å²) >= 11 is 0. The molecule has 17 heavy (non-hydrogen) atoms. The van der Waals surface area contributed by atoms with E-state index in [1.807, 2.05) is 12.1 Å². The normalized spacial score (nSPS) is 12.4. The van der Waals surface area contributed by atoms with Crippen molar-refractivity contribution in [1.29, 1.82) is 0 Å². The summed E-state index contributed by atoms with van der Waals surface area (Å²) in [5.74, 6) is 0.911. The number of nitrogens with one attached hydrogen (secondary N) is 1. The fraction of sp³-hybridized carbons (Fsp3) is 0.571. The number of ether oxygens (including phenoxy) is 2. The predicted octanol–water partition coefficient (Wildman–Crippen LogP) is 2.25. The Balaban J connectivity index is 2.41. The van der Waals surface area contributed by atoms with Crippen molar-refractivity contribution < 1.29 is 9.47 Å². The molecule has 1 N–H and O–H groups in total. The third kappa shape index (κ3) is 5.20. The van der Waals surface area contributed by atoms with Gasteiger partial charge in [-0.1, -0.05) is 19.1 Å². The van der Waals surface area contributed by atoms with Crippen LogP contribution in [0.4, 0.5) is 0 Å². The summed E-state index contributed by atoms with van der Waals surface area (Å²) < 4.78 is 10.3. The predicted molar refractivity (Wildman–Crippen MR) is 70.7 cm³/mol. The van der Waals surface area contributed by atoms with Crippen LogP contribution < -0.4 is 10.1 Å². The lowest BCUT2D eigenvalue weighted by Gasteiger charge is -2.16. The maximum absolute atomic E-state index is 5.20. The number of methoxy groups -OCH3 is 2. The van der Waals surface area contributed by atoms with E-state index in [9.17, 15) is 0 Å². The molecule has 0 heterocycles. The van der Waals surface area contributed by atoms with E-state index in [4.69, 9.17) is 9.47 Å². The smallest absolute Gasteiger partial charge is 0.118 e. The first-order valence-corrected chi connectivity index (χ1v) is 6.15. The monoisotopic (exact) mass is 237 g/mol. The SMILES string of the molecule is CCNC(CCc1ccc(OC)cc1)COC. The molecule has 0 aliphatic rings. The second-order valence-electron chi connectivity index (χ2n) is 4.10. The van der Waals surface area contributed by atoms with Crippen LogP contribution in [0.3, 0.4) is 0 Å². The third-order valence-electron chi connectivity index (χ3n) is 2.80. The van der Waals surface area contributed by atoms with Gasteiger partial charge in [0.2, 0.25) is 0 Å². The molecule has 0 saturated heterocycles. The van der Waals surface area contributed by atoms with Gasteiger partial charge in [-0.05, 0) is 37.1 Å². The lowest BCUT2D eigenvalue weighted by atomic mass is 10.1. The minimum Gasteiger partial charge on any atom is -0.497 e. The molecule has 0 amide bonds. The van der Waals surface area contributed by atoms with E-state index < -0.39 is 0 Å². The molecule has 96 valence electrons. The molecule has 0 radical (unpaired) electrons. The first-order chi connectivity index (χ1) is 8.30. The molecule has 0 aromatic heterocycles. The Hall–Kier alpha value is -1.06. The summed E-state index contributed by atoms with van der Waals surface area (Å²) in [7, 11) is 3.44. The average molecular weight is 237 g/mol. The van der Waals surface area contributed by atoms with Crippen LogP contribution in [-0.2, 0) is 11.2 Å². The number of hydrogen-bond donors (Lipinski definition) is 1. The van der Waals surface area contributed by atoms with Gasteiger partial charge in [-0.25, -0.2) is 0 Å². The van der Waals surface area contributed by atoms with E-state index in [0.717, 1.165) is 31.7 Å². The van der Waals surface area contributed by atoms with Crippen LogP contribution in [-0.4, -0.2) is 33.4 Å². The van der Waals surface area contributed by atoms with Crippen molar-refractivity contribution in [2.45, 2.75) is 25.8 Å². The van der Waals surface area contributed by atoms with Crippen LogP contribution >= 0.6 is 0 Å². The molecule has 0 spiro atoms. The molecule has 1 unspecified atom stereocenters. The van der Waals surface area contributed by atoms with Crippen LogP contribution in [0.2, 0.25) is 0 Å². The third-order valence-corrected chi connectivity index (χ3v) is 2.80. The van der Waals surface area contributed by atoms with Crippen molar-refractivity contribution in [1.82, 2.24) is 5.32 Å². The molecule has 3 heteroatoms. The Labute approximate surface area is 104 Å². The van der Waals surface area contributed by atoms with Gasteiger partial charge in [0.1, 0.15) is 5.75 Å². The zero-order valence-electron chi connectivity index (χ0n) is 11.0. The number of likely N-dealkylation sites (N-methyl/N-ethyl adjacent to an activating group) is 1. The molecule has 1 rings (SSSR count). The van der Waals surface area contributed by atoms with Gasteiger partial charge in [0.25, 0.3) is 0 Å². The summed E-state index contributed by atoms with van der Waals surface area (Å²) in [6, 6.07) is 8.69. The second kappa shape index (κ2) is 8.09. The first kappa shape index (κ1) is 14.0.